The summed E-state index contributed by atoms with van der Waals surface area (Å²) < 4.78 is 4.84. The molecule has 0 bridgehead atoms. The molecule has 1 aromatic carbocycles. The van der Waals surface area contributed by atoms with Crippen molar-refractivity contribution in [2.45, 2.75) is 32.5 Å². The maximum atomic E-state index is 10.7. The minimum atomic E-state index is -0.862. The highest BCUT2D eigenvalue weighted by Crippen LogP contribution is 2.22. The van der Waals surface area contributed by atoms with Gasteiger partial charge in [0.05, 0.1) is 0 Å². The molecule has 16 heavy (non-hydrogen) atoms. The van der Waals surface area contributed by atoms with Crippen LogP contribution in [0.15, 0.2) is 24.3 Å². The average Bonchev–Trinajstić information content (AvgIpc) is 2.24. The van der Waals surface area contributed by atoms with Gasteiger partial charge >= 0.3 is 6.09 Å². The van der Waals surface area contributed by atoms with E-state index in [1.54, 1.807) is 6.07 Å². The van der Waals surface area contributed by atoms with E-state index >= 15 is 0 Å². The summed E-state index contributed by atoms with van der Waals surface area (Å²) in [4.78, 5) is 10.7. The number of hydrogen-bond donors (Lipinski definition) is 2. The van der Waals surface area contributed by atoms with Crippen LogP contribution in [0.1, 0.15) is 30.6 Å². The minimum Gasteiger partial charge on any atom is -0.443 e. The summed E-state index contributed by atoms with van der Waals surface area (Å²) in [6.07, 6.45) is -1.78. The first kappa shape index (κ1) is 12.5. The first-order valence-electron chi connectivity index (χ1n) is 5.25. The summed E-state index contributed by atoms with van der Waals surface area (Å²) in [5.41, 5.74) is 6.72. The molecule has 0 aliphatic heterocycles. The van der Waals surface area contributed by atoms with E-state index in [2.05, 4.69) is 0 Å². The largest absolute Gasteiger partial charge is 0.443 e. The van der Waals surface area contributed by atoms with Gasteiger partial charge < -0.3 is 15.6 Å². The molecule has 2 unspecified atom stereocenters. The van der Waals surface area contributed by atoms with Crippen molar-refractivity contribution in [3.05, 3.63) is 35.4 Å². The average molecular weight is 223 g/mol. The third kappa shape index (κ3) is 3.24. The number of carbonyl (C=O) groups excluding carboxylic acids is 1. The second kappa shape index (κ2) is 5.51. The summed E-state index contributed by atoms with van der Waals surface area (Å²) >= 11 is 0. The third-order valence-electron chi connectivity index (χ3n) is 2.41. The summed E-state index contributed by atoms with van der Waals surface area (Å²) in [6.45, 7) is 3.76. The lowest BCUT2D eigenvalue weighted by Gasteiger charge is -2.21. The molecule has 3 N–H and O–H groups in total. The van der Waals surface area contributed by atoms with Gasteiger partial charge in [-0.2, -0.15) is 0 Å². The Balaban J connectivity index is 2.82. The topological polar surface area (TPSA) is 72.5 Å². The number of aliphatic hydroxyl groups excluding tert-OH is 1. The number of rotatable bonds is 4. The molecular weight excluding hydrogens is 206 g/mol. The molecule has 0 aromatic heterocycles. The van der Waals surface area contributed by atoms with Gasteiger partial charge in [-0.15, -0.1) is 0 Å². The van der Waals surface area contributed by atoms with Crippen molar-refractivity contribution in [1.82, 2.24) is 0 Å². The molecule has 88 valence electrons. The van der Waals surface area contributed by atoms with Crippen molar-refractivity contribution in [3.8, 4) is 0 Å². The number of aliphatic hydroxyl groups is 1. The highest BCUT2D eigenvalue weighted by atomic mass is 16.6. The van der Waals surface area contributed by atoms with Gasteiger partial charge in [-0.1, -0.05) is 36.8 Å². The normalized spacial score (nSPS) is 14.2. The number of primary amides is 1. The van der Waals surface area contributed by atoms with Crippen molar-refractivity contribution in [2.24, 2.45) is 5.73 Å². The molecule has 4 heteroatoms. The lowest BCUT2D eigenvalue weighted by Crippen LogP contribution is -2.27. The van der Waals surface area contributed by atoms with Gasteiger partial charge in [0.15, 0.2) is 0 Å². The van der Waals surface area contributed by atoms with Gasteiger partial charge in [0.2, 0.25) is 0 Å². The van der Waals surface area contributed by atoms with Crippen LogP contribution in [-0.2, 0) is 4.74 Å². The molecule has 1 amide bonds. The number of aryl methyl sites for hydroxylation is 1. The second-order valence-corrected chi connectivity index (χ2v) is 3.74. The zero-order valence-corrected chi connectivity index (χ0v) is 9.51. The quantitative estimate of drug-likeness (QED) is 0.818. The first-order chi connectivity index (χ1) is 7.54. The maximum absolute atomic E-state index is 10.7. The molecule has 1 rings (SSSR count). The SMILES string of the molecule is CCC(OC(N)=O)C(O)c1cccc(C)c1. The van der Waals surface area contributed by atoms with E-state index in [9.17, 15) is 9.90 Å². The summed E-state index contributed by atoms with van der Waals surface area (Å²) in [5.74, 6) is 0. The molecule has 2 atom stereocenters. The van der Waals surface area contributed by atoms with E-state index in [1.807, 2.05) is 32.0 Å². The van der Waals surface area contributed by atoms with E-state index < -0.39 is 18.3 Å². The minimum absolute atomic E-state index is 0.512. The van der Waals surface area contributed by atoms with Gasteiger partial charge in [-0.3, -0.25) is 0 Å². The van der Waals surface area contributed by atoms with E-state index in [0.29, 0.717) is 6.42 Å². The van der Waals surface area contributed by atoms with Gasteiger partial charge in [0.1, 0.15) is 12.2 Å². The highest BCUT2D eigenvalue weighted by Gasteiger charge is 2.22. The van der Waals surface area contributed by atoms with Crippen LogP contribution in [-0.4, -0.2) is 17.3 Å². The fraction of sp³-hybridized carbons (Fsp3) is 0.417. The van der Waals surface area contributed by atoms with Crippen LogP contribution >= 0.6 is 0 Å². The second-order valence-electron chi connectivity index (χ2n) is 3.74. The van der Waals surface area contributed by atoms with E-state index in [4.69, 9.17) is 10.5 Å². The predicted molar refractivity (Wildman–Crippen MR) is 60.9 cm³/mol. The summed E-state index contributed by atoms with van der Waals surface area (Å²) in [6, 6.07) is 7.44. The molecule has 4 nitrogen and oxygen atoms in total. The molecule has 0 fully saturated rings. The van der Waals surface area contributed by atoms with Crippen molar-refractivity contribution in [2.75, 3.05) is 0 Å². The Hall–Kier alpha value is -1.55. The predicted octanol–water partition coefficient (Wildman–Crippen LogP) is 1.90. The summed E-state index contributed by atoms with van der Waals surface area (Å²) in [7, 11) is 0. The lowest BCUT2D eigenvalue weighted by atomic mass is 10.0. The van der Waals surface area contributed by atoms with Crippen LogP contribution in [0, 0.1) is 6.92 Å². The zero-order valence-electron chi connectivity index (χ0n) is 9.51. The van der Waals surface area contributed by atoms with Crippen LogP contribution in [0.2, 0.25) is 0 Å². The van der Waals surface area contributed by atoms with Gasteiger partial charge in [0, 0.05) is 0 Å². The number of hydrogen-bond acceptors (Lipinski definition) is 3. The fourth-order valence-electron chi connectivity index (χ4n) is 1.59. The van der Waals surface area contributed by atoms with Crippen molar-refractivity contribution in [3.63, 3.8) is 0 Å². The molecule has 0 radical (unpaired) electrons. The number of nitrogens with two attached hydrogens (primary N) is 1. The maximum Gasteiger partial charge on any atom is 0.404 e. The van der Waals surface area contributed by atoms with Crippen molar-refractivity contribution >= 4 is 6.09 Å². The summed E-state index contributed by atoms with van der Waals surface area (Å²) in [5, 5.41) is 10.0. The van der Waals surface area contributed by atoms with Crippen LogP contribution in [0.3, 0.4) is 0 Å². The van der Waals surface area contributed by atoms with E-state index in [0.717, 1.165) is 11.1 Å². The molecule has 0 spiro atoms. The smallest absolute Gasteiger partial charge is 0.404 e. The molecule has 0 saturated carbocycles. The lowest BCUT2D eigenvalue weighted by molar-refractivity contribution is 0.00335. The number of benzene rings is 1. The number of ether oxygens (including phenoxy) is 1. The van der Waals surface area contributed by atoms with Crippen LogP contribution < -0.4 is 5.73 Å². The van der Waals surface area contributed by atoms with Gasteiger partial charge in [0.25, 0.3) is 0 Å². The Labute approximate surface area is 95.0 Å². The van der Waals surface area contributed by atoms with Gasteiger partial charge in [-0.05, 0) is 18.9 Å². The fourth-order valence-corrected chi connectivity index (χ4v) is 1.59. The molecule has 0 heterocycles. The monoisotopic (exact) mass is 223 g/mol. The molecule has 0 saturated heterocycles. The van der Waals surface area contributed by atoms with E-state index in [-0.39, 0.29) is 0 Å². The molecule has 1 aromatic rings. The Morgan fingerprint density at radius 3 is 2.75 bits per heavy atom. The molecule has 0 aliphatic rings. The van der Waals surface area contributed by atoms with Crippen LogP contribution in [0.4, 0.5) is 4.79 Å². The van der Waals surface area contributed by atoms with Crippen molar-refractivity contribution in [1.29, 1.82) is 0 Å². The Morgan fingerprint density at radius 1 is 1.56 bits per heavy atom. The van der Waals surface area contributed by atoms with E-state index in [1.165, 1.54) is 0 Å². The number of amides is 1. The first-order valence-corrected chi connectivity index (χ1v) is 5.25. The number of carbonyl (C=O) groups is 1. The molecule has 0 aliphatic carbocycles. The Morgan fingerprint density at radius 2 is 2.25 bits per heavy atom. The Kier molecular flexibility index (Phi) is 4.31. The van der Waals surface area contributed by atoms with Crippen LogP contribution in [0.5, 0.6) is 0 Å². The van der Waals surface area contributed by atoms with Crippen molar-refractivity contribution < 1.29 is 14.6 Å². The third-order valence-corrected chi connectivity index (χ3v) is 2.41. The highest BCUT2D eigenvalue weighted by molar-refractivity contribution is 5.64. The standard InChI is InChI=1S/C12H17NO3/c1-3-10(16-12(13)15)11(14)9-6-4-5-8(2)7-9/h4-7,10-11,14H,3H2,1-2H3,(H2,13,15). The van der Waals surface area contributed by atoms with Crippen LogP contribution in [0.25, 0.3) is 0 Å². The molecular formula is C12H17NO3. The zero-order chi connectivity index (χ0) is 12.1. The van der Waals surface area contributed by atoms with Gasteiger partial charge in [-0.25, -0.2) is 4.79 Å². The Bertz CT molecular complexity index is 365.